The number of ether oxygens (including phenoxy) is 1. The van der Waals surface area contributed by atoms with Crippen LogP contribution in [-0.4, -0.2) is 125 Å². The van der Waals surface area contributed by atoms with Gasteiger partial charge in [0.1, 0.15) is 29.2 Å². The van der Waals surface area contributed by atoms with Gasteiger partial charge in [-0.05, 0) is 96.7 Å². The molecule has 350 valence electrons. The predicted molar refractivity (Wildman–Crippen MR) is 249 cm³/mol. The number of hydrogen-bond donors (Lipinski definition) is 4. The van der Waals surface area contributed by atoms with Crippen molar-refractivity contribution in [2.24, 2.45) is 11.3 Å². The summed E-state index contributed by atoms with van der Waals surface area (Å²) >= 11 is 0. The first-order chi connectivity index (χ1) is 30.7. The van der Waals surface area contributed by atoms with Crippen molar-refractivity contribution in [2.75, 3.05) is 40.3 Å². The maximum Gasteiger partial charge on any atom is 0.324 e. The van der Waals surface area contributed by atoms with Crippen LogP contribution in [0.2, 0.25) is 0 Å². The number of cyclic esters (lactones) is 1. The van der Waals surface area contributed by atoms with Crippen molar-refractivity contribution in [3.05, 3.63) is 71.5 Å². The van der Waals surface area contributed by atoms with E-state index in [0.717, 1.165) is 43.3 Å². The van der Waals surface area contributed by atoms with E-state index in [2.05, 4.69) is 73.4 Å². The number of rotatable bonds is 11. The number of aromatic nitrogens is 2. The van der Waals surface area contributed by atoms with Crippen LogP contribution in [0.5, 0.6) is 5.75 Å². The molecule has 2 fully saturated rings. The second-order valence-corrected chi connectivity index (χ2v) is 21.4. The first kappa shape index (κ1) is 47.6. The maximum absolute atomic E-state index is 14.7. The number of likely N-dealkylation sites (N-methyl/N-ethyl adjacent to an activating group) is 2. The number of benzene rings is 2. The number of hydrogen-bond acceptors (Lipinski definition) is 11. The largest absolute Gasteiger partial charge is 0.508 e. The quantitative estimate of drug-likeness (QED) is 0.122. The molecule has 2 saturated heterocycles. The third kappa shape index (κ3) is 10.1. The monoisotopic (exact) mass is 912 g/mol. The van der Waals surface area contributed by atoms with Crippen molar-refractivity contribution in [3.63, 3.8) is 0 Å². The molecule has 4 aromatic rings. The molecular formula is C48H64N8O8S. The van der Waals surface area contributed by atoms with Crippen LogP contribution >= 0.6 is 0 Å². The Morgan fingerprint density at radius 2 is 1.80 bits per heavy atom. The van der Waals surface area contributed by atoms with Crippen LogP contribution in [0.3, 0.4) is 0 Å². The minimum absolute atomic E-state index is 0.0283. The maximum atomic E-state index is 14.7. The second kappa shape index (κ2) is 18.9. The summed E-state index contributed by atoms with van der Waals surface area (Å²) in [7, 11) is -0.985. The van der Waals surface area contributed by atoms with Crippen molar-refractivity contribution in [2.45, 2.75) is 110 Å². The molecule has 3 amide bonds. The van der Waals surface area contributed by atoms with Gasteiger partial charge in [0, 0.05) is 68.2 Å². The Kier molecular flexibility index (Phi) is 13.8. The molecule has 16 nitrogen and oxygen atoms in total. The van der Waals surface area contributed by atoms with Crippen molar-refractivity contribution in [3.8, 4) is 28.1 Å². The van der Waals surface area contributed by atoms with E-state index >= 15 is 0 Å². The summed E-state index contributed by atoms with van der Waals surface area (Å²) in [5, 5.41) is 18.6. The average molecular weight is 913 g/mol. The normalized spacial score (nSPS) is 20.7. The average Bonchev–Trinajstić information content (AvgIpc) is 4.08. The molecule has 7 rings (SSSR count). The van der Waals surface area contributed by atoms with Crippen LogP contribution in [0.4, 0.5) is 0 Å². The SMILES string of the molecule is CCn1c(-c2cccnc2C(C)C)c2c3cc(ccc31)-c1cc(O)cc(c1)C[C@H](NC(=O)[C@H](C(C)C)N(C)C(=O)CN(C)S(=O)(=O)[C@H]1CN1)C(=O)N1CCC[C@H](N1)C(=O)OCC(C)(C)C2. The lowest BCUT2D eigenvalue weighted by Gasteiger charge is -2.37. The molecular weight excluding hydrogens is 849 g/mol. The van der Waals surface area contributed by atoms with E-state index in [1.54, 1.807) is 26.0 Å². The number of nitrogens with one attached hydrogen (secondary N) is 3. The number of sulfonamides is 1. The van der Waals surface area contributed by atoms with Gasteiger partial charge in [-0.25, -0.2) is 13.8 Å². The lowest BCUT2D eigenvalue weighted by Crippen LogP contribution is -2.62. The smallest absolute Gasteiger partial charge is 0.324 e. The number of aryl methyl sites for hydroxylation is 1. The number of pyridine rings is 1. The Morgan fingerprint density at radius 3 is 2.48 bits per heavy atom. The zero-order valence-electron chi connectivity index (χ0n) is 39.0. The fourth-order valence-corrected chi connectivity index (χ4v) is 10.5. The third-order valence-electron chi connectivity index (χ3n) is 12.7. The van der Waals surface area contributed by atoms with Crippen LogP contribution in [0.1, 0.15) is 84.0 Å². The molecule has 2 aromatic carbocycles. The van der Waals surface area contributed by atoms with E-state index in [4.69, 9.17) is 9.72 Å². The van der Waals surface area contributed by atoms with Gasteiger partial charge in [-0.3, -0.25) is 34.5 Å². The van der Waals surface area contributed by atoms with E-state index in [1.807, 2.05) is 24.4 Å². The summed E-state index contributed by atoms with van der Waals surface area (Å²) in [5.41, 5.74) is 9.85. The molecule has 65 heavy (non-hydrogen) atoms. The van der Waals surface area contributed by atoms with Gasteiger partial charge in [0.15, 0.2) is 0 Å². The number of nitrogens with zero attached hydrogens (tertiary/aromatic N) is 5. The molecule has 3 aliphatic heterocycles. The lowest BCUT2D eigenvalue weighted by molar-refractivity contribution is -0.155. The molecule has 4 atom stereocenters. The summed E-state index contributed by atoms with van der Waals surface area (Å²) in [4.78, 5) is 62.6. The molecule has 0 spiro atoms. The van der Waals surface area contributed by atoms with Gasteiger partial charge in [-0.15, -0.1) is 0 Å². The zero-order valence-corrected chi connectivity index (χ0v) is 39.8. The molecule has 2 aromatic heterocycles. The Hall–Kier alpha value is -5.36. The van der Waals surface area contributed by atoms with Crippen LogP contribution in [0.25, 0.3) is 33.3 Å². The van der Waals surface area contributed by atoms with Gasteiger partial charge < -0.3 is 24.6 Å². The first-order valence-corrected chi connectivity index (χ1v) is 24.1. The predicted octanol–water partition coefficient (Wildman–Crippen LogP) is 4.54. The Labute approximate surface area is 382 Å². The number of hydrazine groups is 1. The number of aromatic hydroxyl groups is 1. The second-order valence-electron chi connectivity index (χ2n) is 19.2. The zero-order chi connectivity index (χ0) is 47.1. The van der Waals surface area contributed by atoms with Crippen molar-refractivity contribution in [1.82, 2.24) is 39.8 Å². The van der Waals surface area contributed by atoms with Gasteiger partial charge in [0.25, 0.3) is 5.91 Å². The van der Waals surface area contributed by atoms with Gasteiger partial charge in [-0.1, -0.05) is 53.7 Å². The minimum atomic E-state index is -3.75. The molecule has 4 N–H and O–H groups in total. The molecule has 0 aliphatic carbocycles. The molecule has 6 bridgehead atoms. The van der Waals surface area contributed by atoms with E-state index < -0.39 is 75.1 Å². The van der Waals surface area contributed by atoms with E-state index in [9.17, 15) is 32.7 Å². The highest BCUT2D eigenvalue weighted by Crippen LogP contribution is 2.42. The molecule has 0 saturated carbocycles. The number of fused-ring (bicyclic) bond motifs is 6. The molecule has 0 radical (unpaired) electrons. The van der Waals surface area contributed by atoms with Crippen LogP contribution in [0, 0.1) is 11.3 Å². The highest BCUT2D eigenvalue weighted by Gasteiger charge is 2.41. The molecule has 3 aliphatic rings. The topological polar surface area (TPSA) is 205 Å². The summed E-state index contributed by atoms with van der Waals surface area (Å²) in [6.07, 6.45) is 3.26. The van der Waals surface area contributed by atoms with Gasteiger partial charge in [0.2, 0.25) is 21.8 Å². The number of carbonyl (C=O) groups is 4. The highest BCUT2D eigenvalue weighted by atomic mass is 32.2. The number of phenolic OH excluding ortho intramolecular Hbond substituents is 1. The van der Waals surface area contributed by atoms with Crippen molar-refractivity contribution in [1.29, 1.82) is 0 Å². The lowest BCUT2D eigenvalue weighted by atomic mass is 9.83. The summed E-state index contributed by atoms with van der Waals surface area (Å²) in [6, 6.07) is 12.3. The van der Waals surface area contributed by atoms with Crippen molar-refractivity contribution >= 4 is 44.6 Å². The Bertz CT molecular complexity index is 2590. The van der Waals surface area contributed by atoms with Gasteiger partial charge in [-0.2, -0.15) is 4.31 Å². The van der Waals surface area contributed by atoms with Gasteiger partial charge >= 0.3 is 5.97 Å². The standard InChI is InChI=1S/C48H64N8O8S/c1-10-55-39-16-15-31-23-35(39)36(44(55)34-13-11-17-49-42(34)28(2)3)24-48(6,7)27-64-47(61)37-14-12-18-56(52-37)46(60)38(21-30-19-32(31)22-33(57)20-30)51-45(59)43(29(4)5)54(9)41(58)26-53(8)65(62,63)40-25-50-40/h11,13,15-17,19-20,22-23,28-29,37-38,40,43,50,52,57H,10,12,14,18,21,24-27H2,1-9H3,(H,51,59)/t37-,38-,40-,43-/m0/s1. The fourth-order valence-electron chi connectivity index (χ4n) is 9.30. The summed E-state index contributed by atoms with van der Waals surface area (Å²) in [6.45, 7) is 14.9. The molecule has 5 heterocycles. The molecule has 17 heteroatoms. The van der Waals surface area contributed by atoms with E-state index in [-0.39, 0.29) is 31.2 Å². The first-order valence-electron chi connectivity index (χ1n) is 22.6. The Morgan fingerprint density at radius 1 is 1.06 bits per heavy atom. The highest BCUT2D eigenvalue weighted by molar-refractivity contribution is 7.90. The van der Waals surface area contributed by atoms with E-state index in [0.29, 0.717) is 43.5 Å². The third-order valence-corrected chi connectivity index (χ3v) is 14.8. The minimum Gasteiger partial charge on any atom is -0.508 e. The van der Waals surface area contributed by atoms with E-state index in [1.165, 1.54) is 24.0 Å². The Balaban J connectivity index is 1.30. The van der Waals surface area contributed by atoms with Crippen LogP contribution in [0.15, 0.2) is 54.7 Å². The summed E-state index contributed by atoms with van der Waals surface area (Å²) < 4.78 is 35.0. The summed E-state index contributed by atoms with van der Waals surface area (Å²) in [5.74, 6) is -2.54. The number of amides is 3. The number of carbonyl (C=O) groups excluding carboxylic acids is 4. The number of phenols is 1. The molecule has 0 unspecified atom stereocenters. The van der Waals surface area contributed by atoms with Crippen LogP contribution in [-0.2, 0) is 53.3 Å². The van der Waals surface area contributed by atoms with Gasteiger partial charge in [0.05, 0.1) is 24.5 Å². The fraction of sp³-hybridized carbons (Fsp3) is 0.521. The van der Waals surface area contributed by atoms with Crippen LogP contribution < -0.4 is 16.1 Å². The van der Waals surface area contributed by atoms with Crippen molar-refractivity contribution < 1.29 is 37.4 Å². The number of esters is 1.